The second-order valence-corrected chi connectivity index (χ2v) is 3.55. The number of likely N-dealkylation sites (N-methyl/N-ethyl adjacent to an activating group) is 1. The Balaban J connectivity index is 2.65. The van der Waals surface area contributed by atoms with Gasteiger partial charge in [-0.25, -0.2) is 4.79 Å². The molecule has 1 heterocycles. The van der Waals surface area contributed by atoms with Gasteiger partial charge in [0.05, 0.1) is 12.5 Å². The first-order chi connectivity index (χ1) is 8.06. The Labute approximate surface area is 98.7 Å². The molecule has 0 saturated carbocycles. The van der Waals surface area contributed by atoms with E-state index in [0.717, 1.165) is 0 Å². The lowest BCUT2D eigenvalue weighted by atomic mass is 10.4. The van der Waals surface area contributed by atoms with Crippen molar-refractivity contribution in [3.05, 3.63) is 24.0 Å². The SMILES string of the molecule is CN(CCC#N)C(=O)Cn1cccc1C(=O)O. The van der Waals surface area contributed by atoms with Crippen LogP contribution >= 0.6 is 0 Å². The second kappa shape index (κ2) is 5.70. The number of nitriles is 1. The minimum atomic E-state index is -1.07. The van der Waals surface area contributed by atoms with Crippen molar-refractivity contribution in [2.45, 2.75) is 13.0 Å². The van der Waals surface area contributed by atoms with E-state index in [1.165, 1.54) is 15.5 Å². The van der Waals surface area contributed by atoms with Crippen LogP contribution in [0.25, 0.3) is 0 Å². The monoisotopic (exact) mass is 235 g/mol. The van der Waals surface area contributed by atoms with Gasteiger partial charge in [0.2, 0.25) is 5.91 Å². The lowest BCUT2D eigenvalue weighted by Gasteiger charge is -2.16. The molecule has 1 rings (SSSR count). The van der Waals surface area contributed by atoms with Crippen LogP contribution in [0.5, 0.6) is 0 Å². The number of aromatic carboxylic acids is 1. The maximum atomic E-state index is 11.7. The highest BCUT2D eigenvalue weighted by atomic mass is 16.4. The van der Waals surface area contributed by atoms with E-state index >= 15 is 0 Å². The summed E-state index contributed by atoms with van der Waals surface area (Å²) in [6.07, 6.45) is 1.80. The summed E-state index contributed by atoms with van der Waals surface area (Å²) in [4.78, 5) is 23.9. The molecule has 0 aromatic carbocycles. The van der Waals surface area contributed by atoms with Gasteiger partial charge in [-0.3, -0.25) is 4.79 Å². The molecular weight excluding hydrogens is 222 g/mol. The Morgan fingerprint density at radius 1 is 1.59 bits per heavy atom. The van der Waals surface area contributed by atoms with Crippen LogP contribution in [-0.2, 0) is 11.3 Å². The largest absolute Gasteiger partial charge is 0.477 e. The number of carbonyl (C=O) groups excluding carboxylic acids is 1. The van der Waals surface area contributed by atoms with Gasteiger partial charge in [-0.15, -0.1) is 0 Å². The Bertz CT molecular complexity index is 459. The Hall–Kier alpha value is -2.29. The summed E-state index contributed by atoms with van der Waals surface area (Å²) >= 11 is 0. The van der Waals surface area contributed by atoms with Gasteiger partial charge in [-0.2, -0.15) is 5.26 Å². The van der Waals surface area contributed by atoms with E-state index in [9.17, 15) is 9.59 Å². The molecule has 90 valence electrons. The van der Waals surface area contributed by atoms with Crippen LogP contribution in [-0.4, -0.2) is 40.0 Å². The Morgan fingerprint density at radius 2 is 2.29 bits per heavy atom. The van der Waals surface area contributed by atoms with Crippen LogP contribution in [0.1, 0.15) is 16.9 Å². The van der Waals surface area contributed by atoms with Gasteiger partial charge in [0.15, 0.2) is 0 Å². The van der Waals surface area contributed by atoms with E-state index < -0.39 is 5.97 Å². The standard InChI is InChI=1S/C11H13N3O3/c1-13(6-3-5-12)10(15)8-14-7-2-4-9(14)11(16)17/h2,4,7H,3,6,8H2,1H3,(H,16,17). The molecule has 1 amide bonds. The highest BCUT2D eigenvalue weighted by molar-refractivity contribution is 5.86. The van der Waals surface area contributed by atoms with Crippen molar-refractivity contribution in [2.24, 2.45) is 0 Å². The molecule has 0 saturated heterocycles. The van der Waals surface area contributed by atoms with Gasteiger partial charge >= 0.3 is 5.97 Å². The molecule has 1 aromatic heterocycles. The molecular formula is C11H13N3O3. The predicted molar refractivity (Wildman–Crippen MR) is 59.3 cm³/mol. The first-order valence-corrected chi connectivity index (χ1v) is 5.05. The van der Waals surface area contributed by atoms with E-state index in [0.29, 0.717) is 6.54 Å². The molecule has 1 N–H and O–H groups in total. The number of carbonyl (C=O) groups is 2. The fourth-order valence-electron chi connectivity index (χ4n) is 1.35. The molecule has 0 fully saturated rings. The maximum absolute atomic E-state index is 11.7. The first-order valence-electron chi connectivity index (χ1n) is 5.05. The molecule has 17 heavy (non-hydrogen) atoms. The highest BCUT2D eigenvalue weighted by Gasteiger charge is 2.13. The summed E-state index contributed by atoms with van der Waals surface area (Å²) < 4.78 is 1.37. The zero-order valence-corrected chi connectivity index (χ0v) is 9.46. The summed E-state index contributed by atoms with van der Waals surface area (Å²) in [5, 5.41) is 17.3. The molecule has 0 radical (unpaired) electrons. The average molecular weight is 235 g/mol. The van der Waals surface area contributed by atoms with Gasteiger partial charge in [-0.1, -0.05) is 0 Å². The van der Waals surface area contributed by atoms with Crippen molar-refractivity contribution in [3.8, 4) is 6.07 Å². The first kappa shape index (κ1) is 12.8. The Kier molecular flexibility index (Phi) is 4.29. The van der Waals surface area contributed by atoms with Crippen LogP contribution in [0.4, 0.5) is 0 Å². The molecule has 1 aromatic rings. The van der Waals surface area contributed by atoms with E-state index in [1.807, 2.05) is 6.07 Å². The molecule has 0 aliphatic rings. The zero-order chi connectivity index (χ0) is 12.8. The van der Waals surface area contributed by atoms with Gasteiger partial charge in [-0.05, 0) is 12.1 Å². The number of amides is 1. The third-order valence-electron chi connectivity index (χ3n) is 2.34. The maximum Gasteiger partial charge on any atom is 0.352 e. The van der Waals surface area contributed by atoms with Crippen molar-refractivity contribution in [1.29, 1.82) is 5.26 Å². The second-order valence-electron chi connectivity index (χ2n) is 3.55. The topological polar surface area (TPSA) is 86.3 Å². The number of aromatic nitrogens is 1. The number of rotatable bonds is 5. The third-order valence-corrected chi connectivity index (χ3v) is 2.34. The van der Waals surface area contributed by atoms with Crippen LogP contribution in [0.3, 0.4) is 0 Å². The highest BCUT2D eigenvalue weighted by Crippen LogP contribution is 2.03. The van der Waals surface area contributed by atoms with Crippen LogP contribution < -0.4 is 0 Å². The van der Waals surface area contributed by atoms with Crippen molar-refractivity contribution in [1.82, 2.24) is 9.47 Å². The smallest absolute Gasteiger partial charge is 0.352 e. The number of carboxylic acid groups (broad SMARTS) is 1. The van der Waals surface area contributed by atoms with Crippen molar-refractivity contribution < 1.29 is 14.7 Å². The number of carboxylic acids is 1. The fraction of sp³-hybridized carbons (Fsp3) is 0.364. The van der Waals surface area contributed by atoms with Crippen molar-refractivity contribution >= 4 is 11.9 Å². The fourth-order valence-corrected chi connectivity index (χ4v) is 1.35. The van der Waals surface area contributed by atoms with E-state index in [1.54, 1.807) is 19.3 Å². The lowest BCUT2D eigenvalue weighted by Crippen LogP contribution is -2.31. The van der Waals surface area contributed by atoms with E-state index in [2.05, 4.69) is 0 Å². The minimum Gasteiger partial charge on any atom is -0.477 e. The lowest BCUT2D eigenvalue weighted by molar-refractivity contribution is -0.130. The number of hydrogen-bond donors (Lipinski definition) is 1. The van der Waals surface area contributed by atoms with E-state index in [-0.39, 0.29) is 24.6 Å². The quantitative estimate of drug-likeness (QED) is 0.807. The Morgan fingerprint density at radius 3 is 2.88 bits per heavy atom. The minimum absolute atomic E-state index is 0.0312. The summed E-state index contributed by atoms with van der Waals surface area (Å²) in [5.41, 5.74) is 0.0760. The van der Waals surface area contributed by atoms with Crippen LogP contribution in [0.2, 0.25) is 0 Å². The van der Waals surface area contributed by atoms with Crippen molar-refractivity contribution in [2.75, 3.05) is 13.6 Å². The molecule has 0 unspecified atom stereocenters. The molecule has 6 heteroatoms. The van der Waals surface area contributed by atoms with Gasteiger partial charge in [0.25, 0.3) is 0 Å². The molecule has 0 spiro atoms. The number of nitrogens with zero attached hydrogens (tertiary/aromatic N) is 3. The summed E-state index contributed by atoms with van der Waals surface area (Å²) in [6.45, 7) is 0.315. The number of hydrogen-bond acceptors (Lipinski definition) is 3. The molecule has 0 atom stereocenters. The summed E-state index contributed by atoms with van der Waals surface area (Å²) in [7, 11) is 1.59. The van der Waals surface area contributed by atoms with Crippen LogP contribution in [0.15, 0.2) is 18.3 Å². The van der Waals surface area contributed by atoms with E-state index in [4.69, 9.17) is 10.4 Å². The van der Waals surface area contributed by atoms with Crippen LogP contribution in [0, 0.1) is 11.3 Å². The van der Waals surface area contributed by atoms with Gasteiger partial charge in [0, 0.05) is 19.8 Å². The molecule has 0 aliphatic carbocycles. The molecule has 0 aliphatic heterocycles. The third kappa shape index (κ3) is 3.34. The summed E-state index contributed by atoms with van der Waals surface area (Å²) in [6, 6.07) is 4.96. The average Bonchev–Trinajstić information content (AvgIpc) is 2.73. The molecule has 6 nitrogen and oxygen atoms in total. The molecule has 0 bridgehead atoms. The van der Waals surface area contributed by atoms with Gasteiger partial charge in [0.1, 0.15) is 12.2 Å². The summed E-state index contributed by atoms with van der Waals surface area (Å²) in [5.74, 6) is -1.29. The van der Waals surface area contributed by atoms with Crippen molar-refractivity contribution in [3.63, 3.8) is 0 Å². The predicted octanol–water partition coefficient (Wildman–Crippen LogP) is 0.558. The normalized spacial score (nSPS) is 9.65. The van der Waals surface area contributed by atoms with Gasteiger partial charge < -0.3 is 14.6 Å². The zero-order valence-electron chi connectivity index (χ0n) is 9.46.